The van der Waals surface area contributed by atoms with Gasteiger partial charge < -0.3 is 19.3 Å². The summed E-state index contributed by atoms with van der Waals surface area (Å²) in [6.07, 6.45) is -1.46. The Morgan fingerprint density at radius 2 is 1.87 bits per heavy atom. The van der Waals surface area contributed by atoms with Gasteiger partial charge in [-0.2, -0.15) is 0 Å². The Morgan fingerprint density at radius 3 is 2.48 bits per heavy atom. The molecule has 0 aromatic heterocycles. The second kappa shape index (κ2) is 7.56. The van der Waals surface area contributed by atoms with Gasteiger partial charge in [-0.15, -0.1) is 0 Å². The van der Waals surface area contributed by atoms with E-state index in [4.69, 9.17) is 14.2 Å². The van der Waals surface area contributed by atoms with E-state index in [2.05, 4.69) is 0 Å². The first-order valence-corrected chi connectivity index (χ1v) is 10.9. The normalized spacial score (nSPS) is 20.6. The van der Waals surface area contributed by atoms with Gasteiger partial charge in [0.25, 0.3) is 0 Å². The van der Waals surface area contributed by atoms with E-state index in [1.54, 1.807) is 51.1 Å². The van der Waals surface area contributed by atoms with E-state index in [0.717, 1.165) is 4.90 Å². The van der Waals surface area contributed by atoms with Crippen LogP contribution in [0, 0.1) is 0 Å². The Labute approximate surface area is 182 Å². The smallest absolute Gasteiger partial charge is 0.417 e. The quantitative estimate of drug-likeness (QED) is 0.771. The maximum atomic E-state index is 13.4. The van der Waals surface area contributed by atoms with Gasteiger partial charge >= 0.3 is 6.09 Å². The molecule has 9 heteroatoms. The molecule has 31 heavy (non-hydrogen) atoms. The van der Waals surface area contributed by atoms with E-state index < -0.39 is 40.5 Å². The standard InChI is InChI=1S/C22H23NO7S/c1-22(2,3)30-21(26)23-17(25)11-16-19(23)18-15(29-16)10-9-14(24)20(18)31(27)13-7-5-12(28-4)6-8-13/h5-10,16,19,24H,11H2,1-4H3/t16-,19+,31+/m1/s1. The summed E-state index contributed by atoms with van der Waals surface area (Å²) in [6, 6.07) is 8.71. The number of ether oxygens (including phenoxy) is 3. The van der Waals surface area contributed by atoms with Gasteiger partial charge in [-0.25, -0.2) is 13.9 Å². The van der Waals surface area contributed by atoms with Crippen LogP contribution in [0.25, 0.3) is 0 Å². The van der Waals surface area contributed by atoms with Crippen molar-refractivity contribution in [3.8, 4) is 17.2 Å². The Hall–Kier alpha value is -3.07. The van der Waals surface area contributed by atoms with Crippen molar-refractivity contribution in [3.63, 3.8) is 0 Å². The maximum absolute atomic E-state index is 13.4. The van der Waals surface area contributed by atoms with Crippen LogP contribution in [0.2, 0.25) is 0 Å². The number of hydrogen-bond donors (Lipinski definition) is 1. The third-order valence-corrected chi connectivity index (χ3v) is 6.53. The van der Waals surface area contributed by atoms with Crippen molar-refractivity contribution in [2.24, 2.45) is 0 Å². The highest BCUT2D eigenvalue weighted by Crippen LogP contribution is 2.51. The fourth-order valence-corrected chi connectivity index (χ4v) is 5.08. The van der Waals surface area contributed by atoms with Crippen LogP contribution in [0.3, 0.4) is 0 Å². The topological polar surface area (TPSA) is 102 Å². The summed E-state index contributed by atoms with van der Waals surface area (Å²) in [4.78, 5) is 27.0. The van der Waals surface area contributed by atoms with Gasteiger partial charge in [-0.1, -0.05) is 0 Å². The van der Waals surface area contributed by atoms with E-state index in [0.29, 0.717) is 22.0 Å². The number of methoxy groups -OCH3 is 1. The first kappa shape index (κ1) is 21.2. The molecule has 164 valence electrons. The predicted molar refractivity (Wildman–Crippen MR) is 111 cm³/mol. The van der Waals surface area contributed by atoms with Crippen LogP contribution >= 0.6 is 0 Å². The third-order valence-electron chi connectivity index (χ3n) is 5.03. The van der Waals surface area contributed by atoms with E-state index in [1.165, 1.54) is 13.2 Å². The Balaban J connectivity index is 1.78. The number of phenols is 1. The van der Waals surface area contributed by atoms with E-state index >= 15 is 0 Å². The van der Waals surface area contributed by atoms with E-state index in [-0.39, 0.29) is 17.1 Å². The van der Waals surface area contributed by atoms with Gasteiger partial charge in [0.2, 0.25) is 5.91 Å². The molecule has 0 saturated carbocycles. The highest BCUT2D eigenvalue weighted by molar-refractivity contribution is 7.85. The molecule has 3 atom stereocenters. The van der Waals surface area contributed by atoms with Gasteiger partial charge in [0.15, 0.2) is 0 Å². The fourth-order valence-electron chi connectivity index (χ4n) is 3.78. The summed E-state index contributed by atoms with van der Waals surface area (Å²) in [5.41, 5.74) is -0.443. The molecule has 0 unspecified atom stereocenters. The highest BCUT2D eigenvalue weighted by Gasteiger charge is 2.53. The van der Waals surface area contributed by atoms with Crippen molar-refractivity contribution in [1.82, 2.24) is 4.90 Å². The number of carbonyl (C=O) groups excluding carboxylic acids is 2. The van der Waals surface area contributed by atoms with Crippen LogP contribution in [-0.4, -0.2) is 45.0 Å². The van der Waals surface area contributed by atoms with Crippen LogP contribution in [0.1, 0.15) is 38.8 Å². The van der Waals surface area contributed by atoms with Gasteiger partial charge in [-0.3, -0.25) is 4.79 Å². The van der Waals surface area contributed by atoms with Gasteiger partial charge in [0.05, 0.1) is 29.2 Å². The lowest BCUT2D eigenvalue weighted by Crippen LogP contribution is -2.39. The van der Waals surface area contributed by atoms with Gasteiger partial charge in [0.1, 0.15) is 35.0 Å². The van der Waals surface area contributed by atoms with Crippen LogP contribution in [0.4, 0.5) is 4.79 Å². The van der Waals surface area contributed by atoms with Gasteiger partial charge in [-0.05, 0) is 57.2 Å². The number of aromatic hydroxyl groups is 1. The zero-order chi connectivity index (χ0) is 22.5. The summed E-state index contributed by atoms with van der Waals surface area (Å²) in [5.74, 6) is 0.329. The van der Waals surface area contributed by atoms with Crippen molar-refractivity contribution in [3.05, 3.63) is 42.0 Å². The Morgan fingerprint density at radius 1 is 1.19 bits per heavy atom. The molecule has 2 heterocycles. The summed E-state index contributed by atoms with van der Waals surface area (Å²) in [5, 5.41) is 10.6. The van der Waals surface area contributed by atoms with Crippen LogP contribution in [0.5, 0.6) is 17.2 Å². The molecule has 2 aliphatic rings. The highest BCUT2D eigenvalue weighted by atomic mass is 32.2. The molecule has 2 aliphatic heterocycles. The zero-order valence-electron chi connectivity index (χ0n) is 17.6. The molecular formula is C22H23NO7S. The minimum Gasteiger partial charge on any atom is -0.507 e. The van der Waals surface area contributed by atoms with Crippen LogP contribution in [-0.2, 0) is 20.3 Å². The van der Waals surface area contributed by atoms with E-state index in [9.17, 15) is 18.9 Å². The lowest BCUT2D eigenvalue weighted by atomic mass is 10.0. The first-order valence-electron chi connectivity index (χ1n) is 9.74. The van der Waals surface area contributed by atoms with Crippen LogP contribution < -0.4 is 9.47 Å². The van der Waals surface area contributed by atoms with Crippen molar-refractivity contribution in [2.75, 3.05) is 7.11 Å². The molecule has 1 fully saturated rings. The monoisotopic (exact) mass is 445 g/mol. The number of fused-ring (bicyclic) bond motifs is 3. The molecule has 0 spiro atoms. The number of amides is 2. The summed E-state index contributed by atoms with van der Waals surface area (Å²) in [6.45, 7) is 5.12. The summed E-state index contributed by atoms with van der Waals surface area (Å²) < 4.78 is 29.9. The predicted octanol–water partition coefficient (Wildman–Crippen LogP) is 3.54. The summed E-state index contributed by atoms with van der Waals surface area (Å²) >= 11 is 0. The van der Waals surface area contributed by atoms with Crippen molar-refractivity contribution < 1.29 is 33.1 Å². The molecule has 1 N–H and O–H groups in total. The number of nitrogens with zero attached hydrogens (tertiary/aromatic N) is 1. The minimum absolute atomic E-state index is 0.0199. The van der Waals surface area contributed by atoms with E-state index in [1.807, 2.05) is 0 Å². The molecule has 2 amide bonds. The molecule has 0 bridgehead atoms. The number of phenolic OH excluding ortho intramolecular Hbond substituents is 1. The third kappa shape index (κ3) is 3.74. The lowest BCUT2D eigenvalue weighted by molar-refractivity contribution is -0.128. The number of benzene rings is 2. The van der Waals surface area contributed by atoms with Crippen molar-refractivity contribution >= 4 is 22.8 Å². The fraction of sp³-hybridized carbons (Fsp3) is 0.364. The van der Waals surface area contributed by atoms with Crippen molar-refractivity contribution in [2.45, 2.75) is 54.7 Å². The molecular weight excluding hydrogens is 422 g/mol. The SMILES string of the molecule is COc1ccc([S@](=O)c2c(O)ccc3c2[C@@H]2[C@@H](CC(=O)N2C(=O)OC(C)(C)C)O3)cc1. The molecule has 4 rings (SSSR count). The second-order valence-corrected chi connectivity index (χ2v) is 9.74. The average Bonchev–Trinajstić information content (AvgIpc) is 3.20. The average molecular weight is 445 g/mol. The van der Waals surface area contributed by atoms with Crippen LogP contribution in [0.15, 0.2) is 46.2 Å². The molecule has 0 radical (unpaired) electrons. The van der Waals surface area contributed by atoms with Crippen molar-refractivity contribution in [1.29, 1.82) is 0 Å². The number of rotatable bonds is 3. The number of hydrogen-bond acceptors (Lipinski definition) is 7. The summed E-state index contributed by atoms with van der Waals surface area (Å²) in [7, 11) is -0.264. The zero-order valence-corrected chi connectivity index (χ0v) is 18.4. The number of likely N-dealkylation sites (tertiary alicyclic amines) is 1. The molecule has 8 nitrogen and oxygen atoms in total. The number of carbonyl (C=O) groups is 2. The minimum atomic E-state index is -1.79. The molecule has 0 aliphatic carbocycles. The Bertz CT molecular complexity index is 1070. The second-order valence-electron chi connectivity index (χ2n) is 8.32. The number of imide groups is 1. The largest absolute Gasteiger partial charge is 0.507 e. The molecule has 2 aromatic carbocycles. The van der Waals surface area contributed by atoms with Gasteiger partial charge in [0, 0.05) is 10.5 Å². The maximum Gasteiger partial charge on any atom is 0.417 e. The molecule has 2 aromatic rings. The molecule has 1 saturated heterocycles. The lowest BCUT2D eigenvalue weighted by Gasteiger charge is -2.27. The Kier molecular flexibility index (Phi) is 5.17. The first-order chi connectivity index (χ1) is 14.6.